The van der Waals surface area contributed by atoms with E-state index in [0.29, 0.717) is 16.9 Å². The van der Waals surface area contributed by atoms with Crippen molar-refractivity contribution >= 4 is 0 Å². The molecule has 0 aromatic heterocycles. The van der Waals surface area contributed by atoms with Crippen LogP contribution in [-0.4, -0.2) is 6.04 Å². The summed E-state index contributed by atoms with van der Waals surface area (Å²) in [5.74, 6) is 5.08. The van der Waals surface area contributed by atoms with E-state index in [-0.39, 0.29) is 1.43 Å². The van der Waals surface area contributed by atoms with E-state index in [4.69, 9.17) is 5.73 Å². The van der Waals surface area contributed by atoms with Crippen LogP contribution in [-0.2, 0) is 0 Å². The summed E-state index contributed by atoms with van der Waals surface area (Å²) in [6.07, 6.45) is 16.0. The highest BCUT2D eigenvalue weighted by Gasteiger charge is 2.59. The van der Waals surface area contributed by atoms with Crippen molar-refractivity contribution in [2.75, 3.05) is 0 Å². The summed E-state index contributed by atoms with van der Waals surface area (Å²) < 4.78 is 0. The number of rotatable bonds is 2. The van der Waals surface area contributed by atoms with Crippen LogP contribution in [0.4, 0.5) is 0 Å². The molecule has 134 valence electrons. The van der Waals surface area contributed by atoms with E-state index in [1.54, 1.807) is 6.42 Å². The first-order valence-electron chi connectivity index (χ1n) is 10.7. The zero-order chi connectivity index (χ0) is 16.2. The van der Waals surface area contributed by atoms with Crippen molar-refractivity contribution in [2.24, 2.45) is 46.2 Å². The lowest BCUT2D eigenvalue weighted by atomic mass is 9.44. The number of hydrogen-bond donors (Lipinski definition) is 1. The Labute approximate surface area is 145 Å². The Balaban J connectivity index is 0.00000169. The van der Waals surface area contributed by atoms with Gasteiger partial charge in [-0.15, -0.1) is 0 Å². The Morgan fingerprint density at radius 3 is 2.43 bits per heavy atom. The zero-order valence-corrected chi connectivity index (χ0v) is 15.8. The highest BCUT2D eigenvalue weighted by molar-refractivity contribution is 5.09. The lowest BCUT2D eigenvalue weighted by molar-refractivity contribution is -0.113. The van der Waals surface area contributed by atoms with Crippen LogP contribution in [0.15, 0.2) is 0 Å². The van der Waals surface area contributed by atoms with E-state index >= 15 is 0 Å². The molecule has 0 bridgehead atoms. The van der Waals surface area contributed by atoms with Crippen molar-refractivity contribution in [1.82, 2.24) is 0 Å². The molecule has 4 aliphatic rings. The molecule has 0 heterocycles. The van der Waals surface area contributed by atoms with Crippen LogP contribution in [0.1, 0.15) is 92.8 Å². The molecule has 8 atom stereocenters. The zero-order valence-electron chi connectivity index (χ0n) is 15.8. The molecule has 0 radical (unpaired) electrons. The van der Waals surface area contributed by atoms with Crippen LogP contribution in [0.2, 0.25) is 0 Å². The summed E-state index contributed by atoms with van der Waals surface area (Å²) in [5.41, 5.74) is 7.64. The second-order valence-electron chi connectivity index (χ2n) is 10.3. The van der Waals surface area contributed by atoms with Crippen molar-refractivity contribution in [3.8, 4) is 0 Å². The van der Waals surface area contributed by atoms with Gasteiger partial charge in [-0.25, -0.2) is 0 Å². The molecule has 0 spiro atoms. The number of nitrogens with two attached hydrogens (primary N) is 1. The highest BCUT2D eigenvalue weighted by Crippen LogP contribution is 2.67. The summed E-state index contributed by atoms with van der Waals surface area (Å²) in [4.78, 5) is 0. The lowest BCUT2D eigenvalue weighted by Crippen LogP contribution is -2.54. The van der Waals surface area contributed by atoms with Crippen LogP contribution < -0.4 is 5.73 Å². The third-order valence-electron chi connectivity index (χ3n) is 9.54. The minimum atomic E-state index is 0. The molecule has 4 unspecified atom stereocenters. The van der Waals surface area contributed by atoms with Crippen LogP contribution in [0.5, 0.6) is 0 Å². The fourth-order valence-electron chi connectivity index (χ4n) is 8.22. The van der Waals surface area contributed by atoms with E-state index in [9.17, 15) is 0 Å². The topological polar surface area (TPSA) is 26.0 Å². The molecule has 2 N–H and O–H groups in total. The molecule has 4 aliphatic carbocycles. The maximum atomic E-state index is 6.33. The van der Waals surface area contributed by atoms with E-state index in [1.807, 2.05) is 0 Å². The highest BCUT2D eigenvalue weighted by atomic mass is 14.7. The lowest BCUT2D eigenvalue weighted by Gasteiger charge is -2.61. The monoisotopic (exact) mass is 319 g/mol. The molecule has 23 heavy (non-hydrogen) atoms. The minimum Gasteiger partial charge on any atom is -0.328 e. The maximum absolute atomic E-state index is 6.33. The average Bonchev–Trinajstić information content (AvgIpc) is 2.85. The smallest absolute Gasteiger partial charge is 0.00418 e. The normalized spacial score (nSPS) is 55.8. The second-order valence-corrected chi connectivity index (χ2v) is 10.3. The predicted molar refractivity (Wildman–Crippen MR) is 100 cm³/mol. The first kappa shape index (κ1) is 16.4. The molecule has 4 rings (SSSR count). The first-order valence-corrected chi connectivity index (χ1v) is 10.7. The largest absolute Gasteiger partial charge is 0.328 e. The van der Waals surface area contributed by atoms with Crippen molar-refractivity contribution < 1.29 is 1.43 Å². The fourth-order valence-corrected chi connectivity index (χ4v) is 8.22. The van der Waals surface area contributed by atoms with Gasteiger partial charge in [-0.05, 0) is 98.2 Å². The van der Waals surface area contributed by atoms with E-state index < -0.39 is 0 Å². The van der Waals surface area contributed by atoms with Crippen molar-refractivity contribution in [3.05, 3.63) is 0 Å². The van der Waals surface area contributed by atoms with E-state index in [1.165, 1.54) is 64.2 Å². The van der Waals surface area contributed by atoms with Gasteiger partial charge in [0.15, 0.2) is 0 Å². The third kappa shape index (κ3) is 2.35. The Morgan fingerprint density at radius 1 is 0.913 bits per heavy atom. The molecule has 1 nitrogen and oxygen atoms in total. The van der Waals surface area contributed by atoms with Crippen molar-refractivity contribution in [1.29, 1.82) is 0 Å². The van der Waals surface area contributed by atoms with Crippen LogP contribution in [0.3, 0.4) is 0 Å². The molecule has 1 heteroatoms. The molecule has 4 fully saturated rings. The summed E-state index contributed by atoms with van der Waals surface area (Å²) in [7, 11) is 0. The SMILES string of the molecule is CCC[C@H]1CCC2C3CCC4C[C@@H](N)CC[C@]4(C)C3CC[C@@]21C.[HH]. The van der Waals surface area contributed by atoms with Gasteiger partial charge in [0.05, 0.1) is 0 Å². The number of fused-ring (bicyclic) bond motifs is 5. The minimum absolute atomic E-state index is 0. The molecule has 0 aliphatic heterocycles. The van der Waals surface area contributed by atoms with Gasteiger partial charge in [0.1, 0.15) is 0 Å². The van der Waals surface area contributed by atoms with E-state index in [2.05, 4.69) is 20.8 Å². The molecule has 0 saturated heterocycles. The average molecular weight is 320 g/mol. The van der Waals surface area contributed by atoms with E-state index in [0.717, 1.165) is 29.6 Å². The summed E-state index contributed by atoms with van der Waals surface area (Å²) in [6.45, 7) is 7.74. The molecular weight excluding hydrogens is 278 g/mol. The Kier molecular flexibility index (Phi) is 4.11. The van der Waals surface area contributed by atoms with Gasteiger partial charge in [-0.2, -0.15) is 0 Å². The van der Waals surface area contributed by atoms with Gasteiger partial charge in [-0.3, -0.25) is 0 Å². The first-order chi connectivity index (χ1) is 11.0. The van der Waals surface area contributed by atoms with Gasteiger partial charge < -0.3 is 5.73 Å². The molecule has 0 aromatic carbocycles. The van der Waals surface area contributed by atoms with Gasteiger partial charge in [0.25, 0.3) is 0 Å². The summed E-state index contributed by atoms with van der Waals surface area (Å²) >= 11 is 0. The Bertz CT molecular complexity index is 451. The molecule has 0 aromatic rings. The standard InChI is InChI=1S/C22H39N.H2/c1-4-5-15-7-9-19-18-8-6-16-14-17(23)10-12-22(16,3)20(18)11-13-21(15,19)2;/h15-20H,4-14,23H2,1-3H3;1H/t15-,16?,17-,18?,19?,20?,21+,22-;/m0./s1. The predicted octanol–water partition coefficient (Wildman–Crippen LogP) is 6.02. The van der Waals surface area contributed by atoms with Crippen LogP contribution in [0, 0.1) is 40.4 Å². The van der Waals surface area contributed by atoms with Crippen LogP contribution >= 0.6 is 0 Å². The Morgan fingerprint density at radius 2 is 1.65 bits per heavy atom. The quantitative estimate of drug-likeness (QED) is 0.662. The third-order valence-corrected chi connectivity index (χ3v) is 9.54. The van der Waals surface area contributed by atoms with Crippen molar-refractivity contribution in [2.45, 2.75) is 97.4 Å². The van der Waals surface area contributed by atoms with Gasteiger partial charge in [-0.1, -0.05) is 33.6 Å². The van der Waals surface area contributed by atoms with Gasteiger partial charge in [0, 0.05) is 7.47 Å². The summed E-state index contributed by atoms with van der Waals surface area (Å²) in [5, 5.41) is 0. The molecular formula is C22H41N. The van der Waals surface area contributed by atoms with Gasteiger partial charge >= 0.3 is 0 Å². The summed E-state index contributed by atoms with van der Waals surface area (Å²) in [6, 6.07) is 0.499. The van der Waals surface area contributed by atoms with Crippen LogP contribution in [0.25, 0.3) is 0 Å². The molecule has 4 saturated carbocycles. The maximum Gasteiger partial charge on any atom is 0.00418 e. The number of hydrogen-bond acceptors (Lipinski definition) is 1. The molecule has 0 amide bonds. The van der Waals surface area contributed by atoms with Crippen molar-refractivity contribution in [3.63, 3.8) is 0 Å². The Hall–Kier alpha value is -0.0400. The van der Waals surface area contributed by atoms with Gasteiger partial charge in [0.2, 0.25) is 0 Å². The fraction of sp³-hybridized carbons (Fsp3) is 1.00. The second kappa shape index (κ2) is 5.75.